The molecule has 3 rings (SSSR count). The van der Waals surface area contributed by atoms with Crippen LogP contribution in [0.3, 0.4) is 0 Å². The SMILES string of the molecule is CN=C(NCc1ccccc1OC1CCCC1)NCc1ccnn1C.I. The largest absolute Gasteiger partial charge is 0.490 e. The fourth-order valence-corrected chi connectivity index (χ4v) is 3.10. The van der Waals surface area contributed by atoms with Crippen molar-refractivity contribution in [3.63, 3.8) is 0 Å². The first-order chi connectivity index (χ1) is 12.3. The van der Waals surface area contributed by atoms with Crippen LogP contribution in [0.5, 0.6) is 5.75 Å². The van der Waals surface area contributed by atoms with Crippen LogP contribution in [0.15, 0.2) is 41.5 Å². The number of para-hydroxylation sites is 1. The van der Waals surface area contributed by atoms with E-state index in [2.05, 4.69) is 32.9 Å². The summed E-state index contributed by atoms with van der Waals surface area (Å²) in [6, 6.07) is 10.2. The van der Waals surface area contributed by atoms with E-state index in [9.17, 15) is 0 Å². The van der Waals surface area contributed by atoms with Crippen molar-refractivity contribution in [2.45, 2.75) is 44.9 Å². The lowest BCUT2D eigenvalue weighted by molar-refractivity contribution is 0.208. The number of aliphatic imine (C=N–C) groups is 1. The van der Waals surface area contributed by atoms with Crippen molar-refractivity contribution < 1.29 is 4.74 Å². The molecule has 0 atom stereocenters. The van der Waals surface area contributed by atoms with Gasteiger partial charge >= 0.3 is 0 Å². The monoisotopic (exact) mass is 469 g/mol. The van der Waals surface area contributed by atoms with Crippen LogP contribution in [0.4, 0.5) is 0 Å². The number of nitrogens with one attached hydrogen (secondary N) is 2. The Hall–Kier alpha value is -1.77. The maximum absolute atomic E-state index is 6.20. The molecule has 0 radical (unpaired) electrons. The van der Waals surface area contributed by atoms with Crippen LogP contribution in [0.25, 0.3) is 0 Å². The van der Waals surface area contributed by atoms with Gasteiger partial charge in [0.25, 0.3) is 0 Å². The average molecular weight is 469 g/mol. The molecular formula is C19H28IN5O. The first-order valence-corrected chi connectivity index (χ1v) is 8.92. The van der Waals surface area contributed by atoms with Crippen molar-refractivity contribution >= 4 is 29.9 Å². The highest BCUT2D eigenvalue weighted by molar-refractivity contribution is 14.0. The predicted molar refractivity (Wildman–Crippen MR) is 115 cm³/mol. The van der Waals surface area contributed by atoms with Crippen LogP contribution >= 0.6 is 24.0 Å². The highest BCUT2D eigenvalue weighted by atomic mass is 127. The molecule has 1 heterocycles. The smallest absolute Gasteiger partial charge is 0.191 e. The number of halogens is 1. The lowest BCUT2D eigenvalue weighted by Gasteiger charge is -2.18. The zero-order valence-corrected chi connectivity index (χ0v) is 17.8. The number of nitrogens with zero attached hydrogens (tertiary/aromatic N) is 3. The number of benzene rings is 1. The minimum atomic E-state index is 0. The standard InChI is InChI=1S/C19H27N5O.HI/c1-20-19(22-14-16-11-12-23-24(16)2)21-13-15-7-3-6-10-18(15)25-17-8-4-5-9-17;/h3,6-7,10-12,17H,4-5,8-9,13-14H2,1-2H3,(H2,20,21,22);1H. The van der Waals surface area contributed by atoms with Gasteiger partial charge in [0, 0.05) is 32.4 Å². The number of rotatable bonds is 6. The van der Waals surface area contributed by atoms with Gasteiger partial charge in [-0.15, -0.1) is 24.0 Å². The zero-order valence-electron chi connectivity index (χ0n) is 15.4. The lowest BCUT2D eigenvalue weighted by atomic mass is 10.2. The Balaban J connectivity index is 0.00000243. The molecule has 1 saturated carbocycles. The van der Waals surface area contributed by atoms with Gasteiger partial charge in [-0.25, -0.2) is 0 Å². The molecule has 6 nitrogen and oxygen atoms in total. The van der Waals surface area contributed by atoms with Crippen molar-refractivity contribution in [2.75, 3.05) is 7.05 Å². The zero-order chi connectivity index (χ0) is 17.5. The molecule has 26 heavy (non-hydrogen) atoms. The number of guanidine groups is 1. The van der Waals surface area contributed by atoms with E-state index in [-0.39, 0.29) is 24.0 Å². The number of aryl methyl sites for hydroxylation is 1. The van der Waals surface area contributed by atoms with Gasteiger partial charge in [-0.1, -0.05) is 18.2 Å². The summed E-state index contributed by atoms with van der Waals surface area (Å²) < 4.78 is 8.05. The molecule has 1 fully saturated rings. The Morgan fingerprint density at radius 1 is 1.19 bits per heavy atom. The summed E-state index contributed by atoms with van der Waals surface area (Å²) in [5.74, 6) is 1.74. The number of hydrogen-bond donors (Lipinski definition) is 2. The van der Waals surface area contributed by atoms with Gasteiger partial charge in [0.15, 0.2) is 5.96 Å². The summed E-state index contributed by atoms with van der Waals surface area (Å²) in [5.41, 5.74) is 2.26. The quantitative estimate of drug-likeness (QED) is 0.388. The van der Waals surface area contributed by atoms with E-state index in [1.807, 2.05) is 29.9 Å². The van der Waals surface area contributed by atoms with Crippen LogP contribution in [-0.4, -0.2) is 28.9 Å². The van der Waals surface area contributed by atoms with Crippen LogP contribution in [0.1, 0.15) is 36.9 Å². The summed E-state index contributed by atoms with van der Waals surface area (Å²) in [5, 5.41) is 10.8. The van der Waals surface area contributed by atoms with Gasteiger partial charge in [-0.05, 0) is 37.8 Å². The minimum absolute atomic E-state index is 0. The highest BCUT2D eigenvalue weighted by Gasteiger charge is 2.17. The van der Waals surface area contributed by atoms with Crippen molar-refractivity contribution in [2.24, 2.45) is 12.0 Å². The Morgan fingerprint density at radius 3 is 2.62 bits per heavy atom. The number of aromatic nitrogens is 2. The second-order valence-electron chi connectivity index (χ2n) is 6.36. The third-order valence-electron chi connectivity index (χ3n) is 4.60. The Kier molecular flexibility index (Phi) is 8.21. The van der Waals surface area contributed by atoms with Gasteiger partial charge in [0.1, 0.15) is 5.75 Å². The summed E-state index contributed by atoms with van der Waals surface area (Å²) in [6.07, 6.45) is 7.03. The molecule has 1 aromatic carbocycles. The average Bonchev–Trinajstić information content (AvgIpc) is 3.28. The molecule has 0 aliphatic heterocycles. The molecule has 0 amide bonds. The molecule has 0 bridgehead atoms. The molecule has 1 aliphatic carbocycles. The van der Waals surface area contributed by atoms with E-state index in [4.69, 9.17) is 4.74 Å². The highest BCUT2D eigenvalue weighted by Crippen LogP contribution is 2.26. The van der Waals surface area contributed by atoms with Crippen LogP contribution in [-0.2, 0) is 20.1 Å². The first-order valence-electron chi connectivity index (χ1n) is 8.92. The lowest BCUT2D eigenvalue weighted by Crippen LogP contribution is -2.36. The van der Waals surface area contributed by atoms with Crippen molar-refractivity contribution in [1.29, 1.82) is 0 Å². The number of ether oxygens (including phenoxy) is 1. The van der Waals surface area contributed by atoms with Gasteiger partial charge in [0.2, 0.25) is 0 Å². The van der Waals surface area contributed by atoms with Crippen molar-refractivity contribution in [1.82, 2.24) is 20.4 Å². The van der Waals surface area contributed by atoms with Crippen LogP contribution < -0.4 is 15.4 Å². The second kappa shape index (κ2) is 10.4. The van der Waals surface area contributed by atoms with Gasteiger partial charge in [-0.3, -0.25) is 9.67 Å². The van der Waals surface area contributed by atoms with Gasteiger partial charge in [0.05, 0.1) is 18.3 Å². The van der Waals surface area contributed by atoms with E-state index >= 15 is 0 Å². The maximum Gasteiger partial charge on any atom is 0.191 e. The molecule has 2 aromatic rings. The Bertz CT molecular complexity index is 709. The minimum Gasteiger partial charge on any atom is -0.490 e. The normalized spacial score (nSPS) is 14.8. The van der Waals surface area contributed by atoms with E-state index in [0.717, 1.165) is 35.8 Å². The number of hydrogen-bond acceptors (Lipinski definition) is 3. The molecule has 0 saturated heterocycles. The molecule has 1 aromatic heterocycles. The summed E-state index contributed by atoms with van der Waals surface area (Å²) in [4.78, 5) is 4.29. The van der Waals surface area contributed by atoms with Gasteiger partial charge in [-0.2, -0.15) is 5.10 Å². The van der Waals surface area contributed by atoms with Crippen LogP contribution in [0, 0.1) is 0 Å². The third-order valence-corrected chi connectivity index (χ3v) is 4.60. The van der Waals surface area contributed by atoms with E-state index in [1.165, 1.54) is 12.8 Å². The van der Waals surface area contributed by atoms with Crippen molar-refractivity contribution in [3.8, 4) is 5.75 Å². The summed E-state index contributed by atoms with van der Waals surface area (Å²) in [6.45, 7) is 1.35. The molecule has 2 N–H and O–H groups in total. The third kappa shape index (κ3) is 5.62. The second-order valence-corrected chi connectivity index (χ2v) is 6.36. The summed E-state index contributed by atoms with van der Waals surface area (Å²) >= 11 is 0. The molecule has 1 aliphatic rings. The molecule has 7 heteroatoms. The van der Waals surface area contributed by atoms with E-state index in [1.54, 1.807) is 13.2 Å². The Labute approximate surface area is 172 Å². The molecule has 0 spiro atoms. The molecular weight excluding hydrogens is 441 g/mol. The van der Waals surface area contributed by atoms with Crippen LogP contribution in [0.2, 0.25) is 0 Å². The maximum atomic E-state index is 6.20. The summed E-state index contributed by atoms with van der Waals surface area (Å²) in [7, 11) is 3.71. The van der Waals surface area contributed by atoms with Crippen molar-refractivity contribution in [3.05, 3.63) is 47.8 Å². The first kappa shape index (κ1) is 20.5. The van der Waals surface area contributed by atoms with E-state index < -0.39 is 0 Å². The molecule has 0 unspecified atom stereocenters. The fraction of sp³-hybridized carbons (Fsp3) is 0.474. The Morgan fingerprint density at radius 2 is 1.92 bits per heavy atom. The molecule has 142 valence electrons. The van der Waals surface area contributed by atoms with E-state index in [0.29, 0.717) is 19.2 Å². The van der Waals surface area contributed by atoms with Gasteiger partial charge < -0.3 is 15.4 Å². The fourth-order valence-electron chi connectivity index (χ4n) is 3.10. The predicted octanol–water partition coefficient (Wildman–Crippen LogP) is 3.22. The topological polar surface area (TPSA) is 63.5 Å².